The summed E-state index contributed by atoms with van der Waals surface area (Å²) in [5.74, 6) is 0. The second kappa shape index (κ2) is 13.0. The van der Waals surface area contributed by atoms with Crippen molar-refractivity contribution in [1.82, 2.24) is 19.9 Å². The highest BCUT2D eigenvalue weighted by Gasteiger charge is 2.16. The zero-order chi connectivity index (χ0) is 36.3. The van der Waals surface area contributed by atoms with Crippen molar-refractivity contribution in [1.29, 1.82) is 0 Å². The zero-order valence-electron chi connectivity index (χ0n) is 29.3. The highest BCUT2D eigenvalue weighted by atomic mass is 32.1. The first-order chi connectivity index (χ1) is 27.2. The SMILES string of the molecule is c1ccc2cc(-c3ccc4c(ccc5cc(N(c6ccc(-c7nc8cnccc8s7)cc6)c6ccc(-c7nc8cnccc8s7)cc6)ccc54)c3)ccc2c1. The van der Waals surface area contributed by atoms with Crippen molar-refractivity contribution in [3.63, 3.8) is 0 Å². The molecule has 0 aliphatic heterocycles. The average molecular weight is 740 g/mol. The first-order valence-electron chi connectivity index (χ1n) is 18.1. The van der Waals surface area contributed by atoms with E-state index in [-0.39, 0.29) is 0 Å². The lowest BCUT2D eigenvalue weighted by Crippen LogP contribution is -2.09. The maximum absolute atomic E-state index is 4.86. The smallest absolute Gasteiger partial charge is 0.124 e. The van der Waals surface area contributed by atoms with Gasteiger partial charge in [0.25, 0.3) is 0 Å². The van der Waals surface area contributed by atoms with Crippen molar-refractivity contribution in [3.8, 4) is 32.3 Å². The Balaban J connectivity index is 0.984. The molecule has 0 fully saturated rings. The van der Waals surface area contributed by atoms with Crippen LogP contribution in [0.2, 0.25) is 0 Å². The van der Waals surface area contributed by atoms with Crippen LogP contribution in [0.15, 0.2) is 176 Å². The Hall–Kier alpha value is -6.80. The normalized spacial score (nSPS) is 11.6. The van der Waals surface area contributed by atoms with Gasteiger partial charge in [-0.2, -0.15) is 0 Å². The quantitative estimate of drug-likeness (QED) is 0.159. The standard InChI is InChI=1S/C48H29N5S2/c1-2-4-33-25-34(6-5-30(33)3-1)35-13-19-41-36(26-35)7-8-37-27-40(18-20-42(37)41)53(38-14-9-31(10-15-38)47-51-43-28-49-23-21-45(43)54-47)39-16-11-32(12-17-39)48-52-44-29-50-24-22-46(44)55-48/h1-29H. The molecule has 0 atom stereocenters. The molecule has 0 bridgehead atoms. The number of fused-ring (bicyclic) bond motifs is 6. The van der Waals surface area contributed by atoms with E-state index in [1.165, 1.54) is 43.4 Å². The van der Waals surface area contributed by atoms with E-state index in [1.807, 2.05) is 36.9 Å². The van der Waals surface area contributed by atoms with Gasteiger partial charge in [0.15, 0.2) is 0 Å². The van der Waals surface area contributed by atoms with E-state index in [0.717, 1.165) is 58.6 Å². The van der Waals surface area contributed by atoms with Crippen LogP contribution in [0.4, 0.5) is 17.1 Å². The van der Waals surface area contributed by atoms with Crippen molar-refractivity contribution in [2.75, 3.05) is 4.90 Å². The van der Waals surface area contributed by atoms with E-state index < -0.39 is 0 Å². The van der Waals surface area contributed by atoms with E-state index in [2.05, 4.69) is 154 Å². The van der Waals surface area contributed by atoms with Gasteiger partial charge in [-0.15, -0.1) is 22.7 Å². The molecular weight excluding hydrogens is 711 g/mol. The van der Waals surface area contributed by atoms with Crippen LogP contribution in [-0.4, -0.2) is 19.9 Å². The fraction of sp³-hybridized carbons (Fsp3) is 0. The third-order valence-electron chi connectivity index (χ3n) is 10.3. The van der Waals surface area contributed by atoms with Gasteiger partial charge in [-0.3, -0.25) is 9.97 Å². The average Bonchev–Trinajstić information content (AvgIpc) is 3.89. The molecule has 0 saturated heterocycles. The van der Waals surface area contributed by atoms with Gasteiger partial charge in [0.1, 0.15) is 21.0 Å². The van der Waals surface area contributed by atoms with Crippen LogP contribution in [0.25, 0.3) is 85.0 Å². The van der Waals surface area contributed by atoms with Crippen molar-refractivity contribution >= 4 is 92.5 Å². The summed E-state index contributed by atoms with van der Waals surface area (Å²) >= 11 is 3.37. The van der Waals surface area contributed by atoms with Crippen LogP contribution in [0.5, 0.6) is 0 Å². The first-order valence-corrected chi connectivity index (χ1v) is 19.7. The Bertz CT molecular complexity index is 3040. The molecule has 0 amide bonds. The molecule has 11 aromatic rings. The topological polar surface area (TPSA) is 54.8 Å². The molecule has 4 aromatic heterocycles. The van der Waals surface area contributed by atoms with Gasteiger partial charge in [0.05, 0.1) is 21.8 Å². The van der Waals surface area contributed by atoms with Crippen LogP contribution in [0.3, 0.4) is 0 Å². The minimum atomic E-state index is 0.922. The summed E-state index contributed by atoms with van der Waals surface area (Å²) in [5.41, 5.74) is 9.66. The first kappa shape index (κ1) is 31.7. The van der Waals surface area contributed by atoms with E-state index >= 15 is 0 Å². The van der Waals surface area contributed by atoms with Crippen LogP contribution in [0.1, 0.15) is 0 Å². The number of pyridine rings is 2. The number of rotatable bonds is 6. The third-order valence-corrected chi connectivity index (χ3v) is 12.5. The van der Waals surface area contributed by atoms with Crippen molar-refractivity contribution < 1.29 is 0 Å². The Morgan fingerprint density at radius 1 is 0.382 bits per heavy atom. The summed E-state index contributed by atoms with van der Waals surface area (Å²) in [4.78, 5) is 20.5. The van der Waals surface area contributed by atoms with Crippen LogP contribution < -0.4 is 4.90 Å². The molecule has 0 spiro atoms. The van der Waals surface area contributed by atoms with E-state index in [4.69, 9.17) is 9.97 Å². The molecular formula is C48H29N5S2. The minimum absolute atomic E-state index is 0.922. The number of hydrogen-bond donors (Lipinski definition) is 0. The molecule has 0 unspecified atom stereocenters. The number of thiazole rings is 2. The molecule has 258 valence electrons. The van der Waals surface area contributed by atoms with Crippen molar-refractivity contribution in [2.45, 2.75) is 0 Å². The zero-order valence-corrected chi connectivity index (χ0v) is 30.9. The fourth-order valence-electron chi connectivity index (χ4n) is 7.51. The largest absolute Gasteiger partial charge is 0.310 e. The number of benzene rings is 7. The number of aromatic nitrogens is 4. The number of anilines is 3. The summed E-state index contributed by atoms with van der Waals surface area (Å²) in [6, 6.07) is 54.8. The predicted octanol–water partition coefficient (Wildman–Crippen LogP) is 13.6. The summed E-state index contributed by atoms with van der Waals surface area (Å²) in [5, 5.41) is 9.36. The summed E-state index contributed by atoms with van der Waals surface area (Å²) in [6.07, 6.45) is 7.29. The fourth-order valence-corrected chi connectivity index (χ4v) is 9.38. The second-order valence-electron chi connectivity index (χ2n) is 13.6. The van der Waals surface area contributed by atoms with Gasteiger partial charge in [0.2, 0.25) is 0 Å². The molecule has 0 saturated carbocycles. The van der Waals surface area contributed by atoms with Gasteiger partial charge in [-0.05, 0) is 128 Å². The van der Waals surface area contributed by atoms with Gasteiger partial charge >= 0.3 is 0 Å². The lowest BCUT2D eigenvalue weighted by Gasteiger charge is -2.26. The summed E-state index contributed by atoms with van der Waals surface area (Å²) < 4.78 is 2.27. The Morgan fingerprint density at radius 3 is 1.45 bits per heavy atom. The van der Waals surface area contributed by atoms with Gasteiger partial charge < -0.3 is 4.90 Å². The number of nitrogens with zero attached hydrogens (tertiary/aromatic N) is 5. The van der Waals surface area contributed by atoms with Gasteiger partial charge in [0, 0.05) is 40.6 Å². The molecule has 4 heterocycles. The Labute approximate surface area is 324 Å². The molecule has 7 heteroatoms. The number of hydrogen-bond acceptors (Lipinski definition) is 7. The minimum Gasteiger partial charge on any atom is -0.310 e. The lowest BCUT2D eigenvalue weighted by atomic mass is 9.96. The third kappa shape index (κ3) is 5.69. The van der Waals surface area contributed by atoms with E-state index in [9.17, 15) is 0 Å². The van der Waals surface area contributed by atoms with E-state index in [1.54, 1.807) is 22.7 Å². The van der Waals surface area contributed by atoms with Crippen LogP contribution in [0, 0.1) is 0 Å². The van der Waals surface area contributed by atoms with Crippen LogP contribution >= 0.6 is 22.7 Å². The Morgan fingerprint density at radius 2 is 0.855 bits per heavy atom. The van der Waals surface area contributed by atoms with Crippen molar-refractivity contribution in [3.05, 3.63) is 176 Å². The summed E-state index contributed by atoms with van der Waals surface area (Å²) in [6.45, 7) is 0. The maximum Gasteiger partial charge on any atom is 0.124 e. The molecule has 0 N–H and O–H groups in total. The van der Waals surface area contributed by atoms with E-state index in [0.29, 0.717) is 0 Å². The lowest BCUT2D eigenvalue weighted by molar-refractivity contribution is 1.29. The monoisotopic (exact) mass is 739 g/mol. The molecule has 11 rings (SSSR count). The maximum atomic E-state index is 4.86. The molecule has 7 aromatic carbocycles. The van der Waals surface area contributed by atoms with Gasteiger partial charge in [-0.25, -0.2) is 9.97 Å². The van der Waals surface area contributed by atoms with Gasteiger partial charge in [-0.1, -0.05) is 66.7 Å². The predicted molar refractivity (Wildman–Crippen MR) is 232 cm³/mol. The highest BCUT2D eigenvalue weighted by molar-refractivity contribution is 7.22. The second-order valence-corrected chi connectivity index (χ2v) is 15.7. The molecule has 0 aliphatic carbocycles. The molecule has 0 aliphatic rings. The van der Waals surface area contributed by atoms with Crippen molar-refractivity contribution in [2.24, 2.45) is 0 Å². The highest BCUT2D eigenvalue weighted by Crippen LogP contribution is 2.41. The Kier molecular flexibility index (Phi) is 7.46. The van der Waals surface area contributed by atoms with Crippen LogP contribution in [-0.2, 0) is 0 Å². The molecule has 55 heavy (non-hydrogen) atoms. The molecule has 0 radical (unpaired) electrons. The summed E-state index contributed by atoms with van der Waals surface area (Å²) in [7, 11) is 0. The molecule has 5 nitrogen and oxygen atoms in total.